The Hall–Kier alpha value is -2.25. The van der Waals surface area contributed by atoms with Gasteiger partial charge in [0.15, 0.2) is 5.82 Å². The van der Waals surface area contributed by atoms with Gasteiger partial charge in [-0.15, -0.1) is 11.8 Å². The molecule has 1 atom stereocenters. The molecule has 0 fully saturated rings. The molecule has 5 nitrogen and oxygen atoms in total. The normalized spacial score (nSPS) is 16.8. The molecule has 126 valence electrons. The molecule has 0 unspecified atom stereocenters. The van der Waals surface area contributed by atoms with Crippen LogP contribution in [0.15, 0.2) is 59.3 Å². The van der Waals surface area contributed by atoms with Gasteiger partial charge in [-0.3, -0.25) is 9.36 Å². The number of thioether (sulfide) groups is 1. The van der Waals surface area contributed by atoms with E-state index in [0.29, 0.717) is 11.6 Å². The van der Waals surface area contributed by atoms with Crippen molar-refractivity contribution >= 4 is 39.4 Å². The lowest BCUT2D eigenvalue weighted by atomic mass is 10.1. The van der Waals surface area contributed by atoms with Gasteiger partial charge >= 0.3 is 0 Å². The summed E-state index contributed by atoms with van der Waals surface area (Å²) in [7, 11) is 0. The summed E-state index contributed by atoms with van der Waals surface area (Å²) in [5.74, 6) is 1.08. The van der Waals surface area contributed by atoms with Crippen LogP contribution in [0.4, 0.5) is 5.82 Å². The molecule has 1 aromatic heterocycles. The van der Waals surface area contributed by atoms with E-state index in [2.05, 4.69) is 26.2 Å². The Kier molecular flexibility index (Phi) is 4.27. The lowest BCUT2D eigenvalue weighted by Crippen LogP contribution is -2.12. The molecule has 1 aliphatic heterocycles. The number of hydrogen-bond acceptors (Lipinski definition) is 4. The maximum atomic E-state index is 12.0. The number of phenolic OH excluding ortho intramolecular Hbond substituents is 1. The number of aromatic hydroxyl groups is 1. The molecular formula is C18H14BrN3O2S. The third-order valence-electron chi connectivity index (χ3n) is 3.97. The Bertz CT molecular complexity index is 940. The van der Waals surface area contributed by atoms with Crippen LogP contribution in [0.5, 0.6) is 5.75 Å². The van der Waals surface area contributed by atoms with Gasteiger partial charge in [-0.2, -0.15) is 0 Å². The summed E-state index contributed by atoms with van der Waals surface area (Å²) in [6.45, 7) is 0. The summed E-state index contributed by atoms with van der Waals surface area (Å²) in [6.07, 6.45) is 1.73. The number of aromatic nitrogens is 2. The Morgan fingerprint density at radius 2 is 2.04 bits per heavy atom. The molecule has 1 aliphatic rings. The monoisotopic (exact) mass is 415 g/mol. The van der Waals surface area contributed by atoms with E-state index >= 15 is 0 Å². The molecule has 1 amide bonds. The molecule has 0 bridgehead atoms. The number of rotatable bonds is 2. The number of halogens is 1. The molecule has 2 heterocycles. The van der Waals surface area contributed by atoms with E-state index < -0.39 is 0 Å². The van der Waals surface area contributed by atoms with Crippen molar-refractivity contribution in [3.05, 3.63) is 70.6 Å². The minimum atomic E-state index is -0.0731. The second kappa shape index (κ2) is 6.57. The van der Waals surface area contributed by atoms with Crippen LogP contribution in [0.1, 0.15) is 16.5 Å². The van der Waals surface area contributed by atoms with E-state index in [9.17, 15) is 9.90 Å². The number of amides is 1. The lowest BCUT2D eigenvalue weighted by molar-refractivity contribution is -0.113. The zero-order valence-electron chi connectivity index (χ0n) is 13.0. The average Bonchev–Trinajstić information content (AvgIpc) is 2.92. The van der Waals surface area contributed by atoms with Gasteiger partial charge in [0.1, 0.15) is 12.1 Å². The predicted octanol–water partition coefficient (Wildman–Crippen LogP) is 4.12. The maximum absolute atomic E-state index is 12.0. The van der Waals surface area contributed by atoms with Gasteiger partial charge in [-0.1, -0.05) is 34.1 Å². The van der Waals surface area contributed by atoms with Gasteiger partial charge in [0.25, 0.3) is 0 Å². The van der Waals surface area contributed by atoms with Crippen LogP contribution in [0, 0.1) is 0 Å². The van der Waals surface area contributed by atoms with E-state index in [-0.39, 0.29) is 16.9 Å². The SMILES string of the molecule is O=C1CS[C@@H](c2ccc(O)cc2)c2c(ncn2-c2cccc(Br)c2)N1. The molecule has 0 radical (unpaired) electrons. The van der Waals surface area contributed by atoms with Gasteiger partial charge in [0, 0.05) is 10.2 Å². The largest absolute Gasteiger partial charge is 0.508 e. The third kappa shape index (κ3) is 3.17. The quantitative estimate of drug-likeness (QED) is 0.660. The summed E-state index contributed by atoms with van der Waals surface area (Å²) < 4.78 is 2.97. The van der Waals surface area contributed by atoms with Crippen molar-refractivity contribution in [2.75, 3.05) is 11.1 Å². The van der Waals surface area contributed by atoms with Gasteiger partial charge in [-0.05, 0) is 35.9 Å². The number of carbonyl (C=O) groups is 1. The molecule has 2 aromatic carbocycles. The molecule has 2 N–H and O–H groups in total. The van der Waals surface area contributed by atoms with Crippen molar-refractivity contribution in [1.82, 2.24) is 9.55 Å². The van der Waals surface area contributed by atoms with Crippen LogP contribution in [-0.2, 0) is 4.79 Å². The van der Waals surface area contributed by atoms with Crippen LogP contribution < -0.4 is 5.32 Å². The highest BCUT2D eigenvalue weighted by Crippen LogP contribution is 2.42. The van der Waals surface area contributed by atoms with Crippen LogP contribution in [0.25, 0.3) is 5.69 Å². The topological polar surface area (TPSA) is 67.1 Å². The number of phenols is 1. The number of nitrogens with zero attached hydrogens (tertiary/aromatic N) is 2. The standard InChI is InChI=1S/C18H14BrN3O2S/c19-12-2-1-3-13(8-12)22-10-20-18-16(22)17(25-9-15(24)21-18)11-4-6-14(23)7-5-11/h1-8,10,17,23H,9H2,(H,21,24)/t17-/m0/s1. The first kappa shape index (κ1) is 16.2. The predicted molar refractivity (Wildman–Crippen MR) is 102 cm³/mol. The molecule has 3 aromatic rings. The van der Waals surface area contributed by atoms with Crippen LogP contribution in [0.3, 0.4) is 0 Å². The number of carbonyl (C=O) groups excluding carboxylic acids is 1. The minimum Gasteiger partial charge on any atom is -0.508 e. The van der Waals surface area contributed by atoms with E-state index in [4.69, 9.17) is 0 Å². The second-order valence-corrected chi connectivity index (χ2v) is 7.67. The average molecular weight is 416 g/mol. The van der Waals surface area contributed by atoms with E-state index in [0.717, 1.165) is 21.4 Å². The van der Waals surface area contributed by atoms with Gasteiger partial charge in [0.2, 0.25) is 5.91 Å². The first-order valence-corrected chi connectivity index (χ1v) is 9.49. The van der Waals surface area contributed by atoms with Crippen molar-refractivity contribution in [2.24, 2.45) is 0 Å². The Labute approximate surface area is 157 Å². The maximum Gasteiger partial charge on any atom is 0.235 e. The number of fused-ring (bicyclic) bond motifs is 1. The fraction of sp³-hybridized carbons (Fsp3) is 0.111. The van der Waals surface area contributed by atoms with Crippen LogP contribution in [0.2, 0.25) is 0 Å². The van der Waals surface area contributed by atoms with Gasteiger partial charge in [-0.25, -0.2) is 4.98 Å². The fourth-order valence-electron chi connectivity index (χ4n) is 2.85. The van der Waals surface area contributed by atoms with Crippen molar-refractivity contribution < 1.29 is 9.90 Å². The number of anilines is 1. The molecule has 25 heavy (non-hydrogen) atoms. The summed E-state index contributed by atoms with van der Waals surface area (Å²) in [6, 6.07) is 15.0. The Morgan fingerprint density at radius 3 is 2.80 bits per heavy atom. The van der Waals surface area contributed by atoms with E-state index in [1.54, 1.807) is 30.2 Å². The number of hydrogen-bond donors (Lipinski definition) is 2. The summed E-state index contributed by atoms with van der Waals surface area (Å²) >= 11 is 5.05. The molecule has 7 heteroatoms. The highest BCUT2D eigenvalue weighted by molar-refractivity contribution is 9.10. The van der Waals surface area contributed by atoms with Crippen molar-refractivity contribution in [2.45, 2.75) is 5.25 Å². The van der Waals surface area contributed by atoms with Crippen LogP contribution in [-0.4, -0.2) is 26.3 Å². The number of imidazole rings is 1. The van der Waals surface area contributed by atoms with Crippen molar-refractivity contribution in [1.29, 1.82) is 0 Å². The summed E-state index contributed by atoms with van der Waals surface area (Å²) in [5, 5.41) is 12.4. The molecule has 0 spiro atoms. The van der Waals surface area contributed by atoms with E-state index in [1.165, 1.54) is 0 Å². The lowest BCUT2D eigenvalue weighted by Gasteiger charge is -2.18. The zero-order valence-corrected chi connectivity index (χ0v) is 15.4. The summed E-state index contributed by atoms with van der Waals surface area (Å²) in [5.41, 5.74) is 2.89. The molecular weight excluding hydrogens is 402 g/mol. The highest BCUT2D eigenvalue weighted by atomic mass is 79.9. The molecule has 0 aliphatic carbocycles. The first-order valence-electron chi connectivity index (χ1n) is 7.65. The van der Waals surface area contributed by atoms with Crippen molar-refractivity contribution in [3.8, 4) is 11.4 Å². The second-order valence-electron chi connectivity index (χ2n) is 5.66. The third-order valence-corrected chi connectivity index (χ3v) is 5.72. The van der Waals surface area contributed by atoms with Gasteiger partial charge < -0.3 is 10.4 Å². The molecule has 0 saturated heterocycles. The van der Waals surface area contributed by atoms with Gasteiger partial charge in [0.05, 0.1) is 16.7 Å². The van der Waals surface area contributed by atoms with E-state index in [1.807, 2.05) is 41.0 Å². The molecule has 0 saturated carbocycles. The Morgan fingerprint density at radius 1 is 1.24 bits per heavy atom. The van der Waals surface area contributed by atoms with Crippen LogP contribution >= 0.6 is 27.7 Å². The first-order chi connectivity index (χ1) is 12.1. The Balaban J connectivity index is 1.88. The fourth-order valence-corrected chi connectivity index (χ4v) is 4.36. The minimum absolute atomic E-state index is 0.0629. The summed E-state index contributed by atoms with van der Waals surface area (Å²) in [4.78, 5) is 16.5. The number of nitrogens with one attached hydrogen (secondary N) is 1. The number of benzene rings is 2. The van der Waals surface area contributed by atoms with Crippen molar-refractivity contribution in [3.63, 3.8) is 0 Å². The highest BCUT2D eigenvalue weighted by Gasteiger charge is 2.29. The smallest absolute Gasteiger partial charge is 0.235 e. The molecule has 4 rings (SSSR count). The zero-order chi connectivity index (χ0) is 17.4.